The first-order chi connectivity index (χ1) is 13.1. The van der Waals surface area contributed by atoms with Gasteiger partial charge >= 0.3 is 6.18 Å². The van der Waals surface area contributed by atoms with Crippen LogP contribution >= 0.6 is 11.6 Å². The van der Waals surface area contributed by atoms with E-state index in [-0.39, 0.29) is 21.3 Å². The molecule has 0 radical (unpaired) electrons. The number of alkyl halides is 3. The molecule has 1 amide bonds. The molecule has 0 aliphatic rings. The van der Waals surface area contributed by atoms with E-state index < -0.39 is 27.7 Å². The highest BCUT2D eigenvalue weighted by Gasteiger charge is 2.30. The third kappa shape index (κ3) is 4.18. The molecule has 0 saturated heterocycles. The number of sulfonamides is 1. The SMILES string of the molecule is O=C(NS(=O)(=O)c1ccccc1Cl)c1cn(-c2cccc(C(F)(F)F)c2)cn1. The van der Waals surface area contributed by atoms with Crippen LogP contribution in [0.5, 0.6) is 0 Å². The highest BCUT2D eigenvalue weighted by molar-refractivity contribution is 7.90. The molecule has 1 N–H and O–H groups in total. The van der Waals surface area contributed by atoms with Gasteiger partial charge in [-0.2, -0.15) is 13.2 Å². The van der Waals surface area contributed by atoms with Crippen molar-refractivity contribution < 1.29 is 26.4 Å². The van der Waals surface area contributed by atoms with E-state index in [1.807, 2.05) is 4.72 Å². The number of carbonyl (C=O) groups is 1. The molecule has 0 atom stereocenters. The Morgan fingerprint density at radius 3 is 2.50 bits per heavy atom. The highest BCUT2D eigenvalue weighted by Crippen LogP contribution is 2.30. The van der Waals surface area contributed by atoms with Gasteiger partial charge in [0.2, 0.25) is 0 Å². The second kappa shape index (κ2) is 7.28. The lowest BCUT2D eigenvalue weighted by molar-refractivity contribution is -0.137. The fourth-order valence-corrected chi connectivity index (χ4v) is 3.80. The lowest BCUT2D eigenvalue weighted by atomic mass is 10.2. The van der Waals surface area contributed by atoms with Crippen LogP contribution in [0.3, 0.4) is 0 Å². The van der Waals surface area contributed by atoms with Crippen LogP contribution < -0.4 is 4.72 Å². The number of imidazole rings is 1. The Morgan fingerprint density at radius 2 is 1.82 bits per heavy atom. The van der Waals surface area contributed by atoms with Crippen molar-refractivity contribution in [2.45, 2.75) is 11.1 Å². The lowest BCUT2D eigenvalue weighted by Gasteiger charge is -2.09. The summed E-state index contributed by atoms with van der Waals surface area (Å²) >= 11 is 5.83. The summed E-state index contributed by atoms with van der Waals surface area (Å²) < 4.78 is 66.1. The number of hydrogen-bond acceptors (Lipinski definition) is 4. The van der Waals surface area contributed by atoms with Gasteiger partial charge in [-0.25, -0.2) is 18.1 Å². The standard InChI is InChI=1S/C17H11ClF3N3O3S/c18-13-6-1-2-7-15(13)28(26,27)23-16(25)14-9-24(10-22-14)12-5-3-4-11(8-12)17(19,20)21/h1-10H,(H,23,25). The fourth-order valence-electron chi connectivity index (χ4n) is 2.32. The summed E-state index contributed by atoms with van der Waals surface area (Å²) in [5.74, 6) is -1.05. The van der Waals surface area contributed by atoms with Crippen molar-refractivity contribution in [2.75, 3.05) is 0 Å². The zero-order valence-corrected chi connectivity index (χ0v) is 15.4. The minimum absolute atomic E-state index is 0.0719. The molecule has 0 aliphatic carbocycles. The maximum atomic E-state index is 12.8. The van der Waals surface area contributed by atoms with Gasteiger partial charge in [0.15, 0.2) is 0 Å². The number of hydrogen-bond donors (Lipinski definition) is 1. The van der Waals surface area contributed by atoms with Gasteiger partial charge < -0.3 is 4.57 Å². The first-order valence-corrected chi connectivity index (χ1v) is 9.47. The predicted octanol–water partition coefficient (Wildman–Crippen LogP) is 3.66. The number of aromatic nitrogens is 2. The summed E-state index contributed by atoms with van der Waals surface area (Å²) in [7, 11) is -4.25. The molecule has 1 heterocycles. The van der Waals surface area contributed by atoms with Crippen molar-refractivity contribution in [2.24, 2.45) is 0 Å². The molecule has 3 aromatic rings. The van der Waals surface area contributed by atoms with Crippen LogP contribution in [0.2, 0.25) is 5.02 Å². The molecule has 0 saturated carbocycles. The Labute approximate surface area is 162 Å². The summed E-state index contributed by atoms with van der Waals surface area (Å²) in [5.41, 5.74) is -1.06. The van der Waals surface area contributed by atoms with Gasteiger partial charge in [0, 0.05) is 11.9 Å². The molecule has 11 heteroatoms. The number of nitrogens with one attached hydrogen (secondary N) is 1. The Kier molecular flexibility index (Phi) is 5.18. The van der Waals surface area contributed by atoms with E-state index in [2.05, 4.69) is 4.98 Å². The monoisotopic (exact) mass is 429 g/mol. The smallest absolute Gasteiger partial charge is 0.305 e. The van der Waals surface area contributed by atoms with Crippen LogP contribution in [-0.4, -0.2) is 23.9 Å². The third-order valence-electron chi connectivity index (χ3n) is 3.64. The Balaban J connectivity index is 1.85. The molecule has 0 bridgehead atoms. The third-order valence-corrected chi connectivity index (χ3v) is 5.47. The second-order valence-corrected chi connectivity index (χ2v) is 7.64. The molecule has 0 unspecified atom stereocenters. The van der Waals surface area contributed by atoms with Gasteiger partial charge in [-0.15, -0.1) is 0 Å². The number of amides is 1. The molecular formula is C17H11ClF3N3O3S. The molecule has 1 aromatic heterocycles. The summed E-state index contributed by atoms with van der Waals surface area (Å²) in [6, 6.07) is 9.92. The maximum Gasteiger partial charge on any atom is 0.416 e. The molecule has 0 aliphatic heterocycles. The van der Waals surface area contributed by atoms with Gasteiger partial charge in [0.05, 0.1) is 10.6 Å². The summed E-state index contributed by atoms with van der Waals surface area (Å²) in [6.45, 7) is 0. The van der Waals surface area contributed by atoms with Crippen molar-refractivity contribution in [1.82, 2.24) is 14.3 Å². The Bertz CT molecular complexity index is 1140. The molecule has 2 aromatic carbocycles. The van der Waals surface area contributed by atoms with Crippen molar-refractivity contribution in [1.29, 1.82) is 0 Å². The number of nitrogens with zero attached hydrogens (tertiary/aromatic N) is 2. The molecule has 0 spiro atoms. The second-order valence-electron chi connectivity index (χ2n) is 5.58. The molecule has 6 nitrogen and oxygen atoms in total. The predicted molar refractivity (Wildman–Crippen MR) is 94.7 cm³/mol. The van der Waals surface area contributed by atoms with Crippen LogP contribution in [0.15, 0.2) is 66.0 Å². The topological polar surface area (TPSA) is 81.1 Å². The number of carbonyl (C=O) groups excluding carboxylic acids is 1. The Hall–Kier alpha value is -2.85. The van der Waals surface area contributed by atoms with Crippen LogP contribution in [0.1, 0.15) is 16.1 Å². The zero-order chi connectivity index (χ0) is 20.5. The van der Waals surface area contributed by atoms with Crippen LogP contribution in [0.25, 0.3) is 5.69 Å². The average molecular weight is 430 g/mol. The highest BCUT2D eigenvalue weighted by atomic mass is 35.5. The van der Waals surface area contributed by atoms with Gasteiger partial charge in [0.25, 0.3) is 15.9 Å². The van der Waals surface area contributed by atoms with E-state index >= 15 is 0 Å². The Morgan fingerprint density at radius 1 is 1.11 bits per heavy atom. The largest absolute Gasteiger partial charge is 0.416 e. The van der Waals surface area contributed by atoms with Gasteiger partial charge in [-0.1, -0.05) is 29.8 Å². The lowest BCUT2D eigenvalue weighted by Crippen LogP contribution is -2.31. The molecular weight excluding hydrogens is 419 g/mol. The summed E-state index contributed by atoms with van der Waals surface area (Å²) in [5, 5.41) is -0.0719. The molecule has 0 fully saturated rings. The normalized spacial score (nSPS) is 12.0. The van der Waals surface area contributed by atoms with Gasteiger partial charge in [0.1, 0.15) is 16.9 Å². The van der Waals surface area contributed by atoms with Crippen molar-refractivity contribution in [3.63, 3.8) is 0 Å². The number of halogens is 4. The van der Waals surface area contributed by atoms with Crippen molar-refractivity contribution >= 4 is 27.5 Å². The van der Waals surface area contributed by atoms with E-state index in [9.17, 15) is 26.4 Å². The first-order valence-electron chi connectivity index (χ1n) is 7.61. The fraction of sp³-hybridized carbons (Fsp3) is 0.0588. The number of benzene rings is 2. The van der Waals surface area contributed by atoms with Crippen LogP contribution in [0, 0.1) is 0 Å². The molecule has 3 rings (SSSR count). The average Bonchev–Trinajstić information content (AvgIpc) is 3.11. The van der Waals surface area contributed by atoms with E-state index in [1.165, 1.54) is 41.0 Å². The molecule has 146 valence electrons. The van der Waals surface area contributed by atoms with Gasteiger partial charge in [-0.3, -0.25) is 4.79 Å². The van der Waals surface area contributed by atoms with Crippen LogP contribution in [0.4, 0.5) is 13.2 Å². The van der Waals surface area contributed by atoms with Gasteiger partial charge in [-0.05, 0) is 30.3 Å². The van der Waals surface area contributed by atoms with E-state index in [0.717, 1.165) is 24.7 Å². The quantitative estimate of drug-likeness (QED) is 0.686. The van der Waals surface area contributed by atoms with Crippen molar-refractivity contribution in [3.8, 4) is 5.69 Å². The summed E-state index contributed by atoms with van der Waals surface area (Å²) in [6.07, 6.45) is -2.31. The maximum absolute atomic E-state index is 12.8. The van der Waals surface area contributed by atoms with Crippen molar-refractivity contribution in [3.05, 3.63) is 77.3 Å². The zero-order valence-electron chi connectivity index (χ0n) is 13.8. The molecule has 28 heavy (non-hydrogen) atoms. The number of rotatable bonds is 4. The minimum atomic E-state index is -4.53. The van der Waals surface area contributed by atoms with E-state index in [0.29, 0.717) is 0 Å². The van der Waals surface area contributed by atoms with E-state index in [4.69, 9.17) is 11.6 Å². The first kappa shape index (κ1) is 19.9. The summed E-state index contributed by atoms with van der Waals surface area (Å²) in [4.78, 5) is 15.7. The minimum Gasteiger partial charge on any atom is -0.305 e. The van der Waals surface area contributed by atoms with Crippen LogP contribution in [-0.2, 0) is 16.2 Å². The van der Waals surface area contributed by atoms with E-state index in [1.54, 1.807) is 0 Å².